The summed E-state index contributed by atoms with van der Waals surface area (Å²) in [6, 6.07) is 5.07. The summed E-state index contributed by atoms with van der Waals surface area (Å²) in [7, 11) is -3.79. The first-order valence-electron chi connectivity index (χ1n) is 7.21. The highest BCUT2D eigenvalue weighted by Crippen LogP contribution is 2.41. The number of nitrogens with one attached hydrogen (secondary N) is 1. The molecule has 0 atom stereocenters. The normalized spacial score (nSPS) is 15.0. The Balaban J connectivity index is 2.28. The van der Waals surface area contributed by atoms with Crippen LogP contribution >= 0.6 is 15.9 Å². The molecule has 1 saturated carbocycles. The average molecular weight is 397 g/mol. The minimum Gasteiger partial charge on any atom is -0.257 e. The maximum atomic E-state index is 12.2. The second kappa shape index (κ2) is 5.94. The molecule has 0 unspecified atom stereocenters. The molecule has 0 aliphatic heterocycles. The summed E-state index contributed by atoms with van der Waals surface area (Å²) in [6.07, 6.45) is 2.15. The van der Waals surface area contributed by atoms with Crippen molar-refractivity contribution in [2.75, 3.05) is 0 Å². The lowest BCUT2D eigenvalue weighted by molar-refractivity contribution is 0.584. The third kappa shape index (κ3) is 3.16. The van der Waals surface area contributed by atoms with Crippen LogP contribution in [0.3, 0.4) is 0 Å². The van der Waals surface area contributed by atoms with Crippen molar-refractivity contribution < 1.29 is 8.42 Å². The van der Waals surface area contributed by atoms with Gasteiger partial charge in [0.15, 0.2) is 0 Å². The number of benzene rings is 1. The Morgan fingerprint density at radius 2 is 1.96 bits per heavy atom. The van der Waals surface area contributed by atoms with Gasteiger partial charge in [-0.05, 0) is 54.8 Å². The number of hydrogen-bond donors (Lipinski definition) is 2. The van der Waals surface area contributed by atoms with Gasteiger partial charge in [-0.25, -0.2) is 18.4 Å². The Morgan fingerprint density at radius 1 is 1.26 bits per heavy atom. The number of hydrazine groups is 1. The van der Waals surface area contributed by atoms with Gasteiger partial charge in [-0.1, -0.05) is 11.6 Å². The van der Waals surface area contributed by atoms with Gasteiger partial charge in [-0.15, -0.1) is 0 Å². The van der Waals surface area contributed by atoms with Gasteiger partial charge in [0.1, 0.15) is 5.82 Å². The van der Waals surface area contributed by atoms with Crippen molar-refractivity contribution in [3.8, 4) is 11.3 Å². The van der Waals surface area contributed by atoms with Crippen LogP contribution in [0.25, 0.3) is 11.3 Å². The molecule has 0 radical (unpaired) electrons. The van der Waals surface area contributed by atoms with Crippen LogP contribution in [0, 0.1) is 13.8 Å². The number of rotatable bonds is 4. The van der Waals surface area contributed by atoms with Gasteiger partial charge in [0, 0.05) is 11.5 Å². The minimum absolute atomic E-state index is 0.103. The van der Waals surface area contributed by atoms with Crippen molar-refractivity contribution in [2.45, 2.75) is 37.5 Å². The fraction of sp³-hybridized carbons (Fsp3) is 0.333. The molecule has 3 rings (SSSR count). The van der Waals surface area contributed by atoms with Crippen LogP contribution in [-0.4, -0.2) is 18.4 Å². The Labute approximate surface area is 143 Å². The van der Waals surface area contributed by atoms with Crippen LogP contribution < -0.4 is 10.7 Å². The van der Waals surface area contributed by atoms with Gasteiger partial charge in [0.2, 0.25) is 0 Å². The standard InChI is InChI=1S/C15H17BrN4O2S/c1-8-3-6-12(23(21,22)20-17)11(7-8)14-13(16)9(2)18-15(19-14)10-4-5-10/h3,6-7,10,20H,4-5,17H2,1-2H3. The van der Waals surface area contributed by atoms with E-state index in [-0.39, 0.29) is 4.90 Å². The van der Waals surface area contributed by atoms with E-state index < -0.39 is 10.0 Å². The van der Waals surface area contributed by atoms with Crippen molar-refractivity contribution in [2.24, 2.45) is 5.84 Å². The Bertz CT molecular complexity index is 879. The van der Waals surface area contributed by atoms with Crippen LogP contribution in [0.2, 0.25) is 0 Å². The lowest BCUT2D eigenvalue weighted by atomic mass is 10.1. The van der Waals surface area contributed by atoms with E-state index in [9.17, 15) is 8.42 Å². The van der Waals surface area contributed by atoms with Gasteiger partial charge in [0.05, 0.1) is 20.8 Å². The van der Waals surface area contributed by atoms with Crippen molar-refractivity contribution in [3.63, 3.8) is 0 Å². The maximum Gasteiger partial charge on any atom is 0.253 e. The molecule has 0 spiro atoms. The van der Waals surface area contributed by atoms with Gasteiger partial charge < -0.3 is 0 Å². The number of halogens is 1. The van der Waals surface area contributed by atoms with Crippen molar-refractivity contribution >= 4 is 26.0 Å². The van der Waals surface area contributed by atoms with E-state index in [0.29, 0.717) is 21.6 Å². The number of aromatic nitrogens is 2. The van der Waals surface area contributed by atoms with E-state index in [4.69, 9.17) is 5.84 Å². The summed E-state index contributed by atoms with van der Waals surface area (Å²) in [4.78, 5) is 11.1. The first-order valence-corrected chi connectivity index (χ1v) is 9.48. The smallest absolute Gasteiger partial charge is 0.253 e. The summed E-state index contributed by atoms with van der Waals surface area (Å²) < 4.78 is 25.2. The molecule has 2 aromatic rings. The molecular weight excluding hydrogens is 380 g/mol. The lowest BCUT2D eigenvalue weighted by Gasteiger charge is -2.14. The van der Waals surface area contributed by atoms with Crippen LogP contribution in [0.15, 0.2) is 27.6 Å². The zero-order chi connectivity index (χ0) is 16.8. The molecule has 0 saturated heterocycles. The van der Waals surface area contributed by atoms with E-state index in [1.165, 1.54) is 0 Å². The number of hydrogen-bond acceptors (Lipinski definition) is 5. The quantitative estimate of drug-likeness (QED) is 0.611. The molecule has 0 amide bonds. The van der Waals surface area contributed by atoms with Crippen molar-refractivity contribution in [3.05, 3.63) is 39.8 Å². The second-order valence-electron chi connectivity index (χ2n) is 5.72. The number of nitrogens with two attached hydrogens (primary N) is 1. The minimum atomic E-state index is -3.79. The van der Waals surface area contributed by atoms with E-state index >= 15 is 0 Å². The zero-order valence-electron chi connectivity index (χ0n) is 12.8. The van der Waals surface area contributed by atoms with E-state index in [0.717, 1.165) is 29.9 Å². The third-order valence-electron chi connectivity index (χ3n) is 3.81. The average Bonchev–Trinajstić information content (AvgIpc) is 3.34. The fourth-order valence-corrected chi connectivity index (χ4v) is 3.62. The van der Waals surface area contributed by atoms with E-state index in [1.807, 2.05) is 18.7 Å². The van der Waals surface area contributed by atoms with Crippen LogP contribution in [0.5, 0.6) is 0 Å². The number of nitrogens with zero attached hydrogens (tertiary/aromatic N) is 2. The molecule has 6 nitrogen and oxygen atoms in total. The predicted octanol–water partition coefficient (Wildman–Crippen LogP) is 2.55. The summed E-state index contributed by atoms with van der Waals surface area (Å²) in [5, 5.41) is 0. The number of aryl methyl sites for hydroxylation is 2. The van der Waals surface area contributed by atoms with Gasteiger partial charge in [0.25, 0.3) is 10.0 Å². The summed E-state index contributed by atoms with van der Waals surface area (Å²) in [5.74, 6) is 6.34. The predicted molar refractivity (Wildman–Crippen MR) is 91.1 cm³/mol. The molecule has 1 aliphatic rings. The molecular formula is C15H17BrN4O2S. The maximum absolute atomic E-state index is 12.2. The molecule has 0 bridgehead atoms. The topological polar surface area (TPSA) is 98.0 Å². The van der Waals surface area contributed by atoms with E-state index in [1.54, 1.807) is 18.2 Å². The molecule has 3 N–H and O–H groups in total. The zero-order valence-corrected chi connectivity index (χ0v) is 15.2. The molecule has 8 heteroatoms. The molecule has 1 aliphatic carbocycles. The van der Waals surface area contributed by atoms with E-state index in [2.05, 4.69) is 25.9 Å². The SMILES string of the molecule is Cc1ccc(S(=O)(=O)NN)c(-c2nc(C3CC3)nc(C)c2Br)c1. The third-order valence-corrected chi connectivity index (χ3v) is 6.01. The van der Waals surface area contributed by atoms with Gasteiger partial charge in [-0.2, -0.15) is 4.83 Å². The molecule has 1 heterocycles. The Morgan fingerprint density at radius 3 is 2.57 bits per heavy atom. The number of sulfonamides is 1. The Hall–Kier alpha value is -1.35. The summed E-state index contributed by atoms with van der Waals surface area (Å²) >= 11 is 3.50. The van der Waals surface area contributed by atoms with Crippen molar-refractivity contribution in [1.82, 2.24) is 14.8 Å². The highest BCUT2D eigenvalue weighted by Gasteiger charge is 2.29. The second-order valence-corrected chi connectivity index (χ2v) is 8.20. The molecule has 23 heavy (non-hydrogen) atoms. The first kappa shape index (κ1) is 16.5. The molecule has 122 valence electrons. The first-order chi connectivity index (χ1) is 10.8. The fourth-order valence-electron chi connectivity index (χ4n) is 2.41. The van der Waals surface area contributed by atoms with Crippen LogP contribution in [0.1, 0.15) is 35.8 Å². The van der Waals surface area contributed by atoms with Crippen LogP contribution in [-0.2, 0) is 10.0 Å². The highest BCUT2D eigenvalue weighted by molar-refractivity contribution is 9.10. The highest BCUT2D eigenvalue weighted by atomic mass is 79.9. The van der Waals surface area contributed by atoms with Gasteiger partial charge in [-0.3, -0.25) is 5.84 Å². The Kier molecular flexibility index (Phi) is 4.26. The molecule has 1 fully saturated rings. The van der Waals surface area contributed by atoms with Crippen LogP contribution in [0.4, 0.5) is 0 Å². The largest absolute Gasteiger partial charge is 0.257 e. The monoisotopic (exact) mass is 396 g/mol. The van der Waals surface area contributed by atoms with Crippen molar-refractivity contribution in [1.29, 1.82) is 0 Å². The van der Waals surface area contributed by atoms with Gasteiger partial charge >= 0.3 is 0 Å². The summed E-state index contributed by atoms with van der Waals surface area (Å²) in [5.41, 5.74) is 2.83. The molecule has 1 aromatic heterocycles. The lowest BCUT2D eigenvalue weighted by Crippen LogP contribution is -2.30. The molecule has 1 aromatic carbocycles. The summed E-state index contributed by atoms with van der Waals surface area (Å²) in [6.45, 7) is 3.78.